The third kappa shape index (κ3) is 6.91. The van der Waals surface area contributed by atoms with E-state index in [1.807, 2.05) is 44.7 Å². The molecule has 0 aromatic heterocycles. The molecule has 1 unspecified atom stereocenters. The van der Waals surface area contributed by atoms with E-state index >= 15 is 0 Å². The van der Waals surface area contributed by atoms with Crippen LogP contribution in [0.4, 0.5) is 9.59 Å². The van der Waals surface area contributed by atoms with Crippen LogP contribution < -0.4 is 10.6 Å². The lowest BCUT2D eigenvalue weighted by Gasteiger charge is -2.38. The maximum absolute atomic E-state index is 13.2. The summed E-state index contributed by atoms with van der Waals surface area (Å²) in [6.07, 6.45) is 0.790. The zero-order valence-electron chi connectivity index (χ0n) is 21.9. The molecular formula is C26H38ClN5O4. The lowest BCUT2D eigenvalue weighted by molar-refractivity contribution is -0.139. The predicted molar refractivity (Wildman–Crippen MR) is 140 cm³/mol. The van der Waals surface area contributed by atoms with Crippen molar-refractivity contribution in [1.82, 2.24) is 25.3 Å². The molecule has 0 spiro atoms. The van der Waals surface area contributed by atoms with Crippen molar-refractivity contribution in [3.05, 3.63) is 46.1 Å². The fourth-order valence-corrected chi connectivity index (χ4v) is 4.63. The Kier molecular flexibility index (Phi) is 9.24. The molecule has 0 bridgehead atoms. The average molecular weight is 520 g/mol. The molecule has 36 heavy (non-hydrogen) atoms. The quantitative estimate of drug-likeness (QED) is 0.558. The number of urea groups is 2. The Balaban J connectivity index is 1.91. The van der Waals surface area contributed by atoms with E-state index in [0.717, 1.165) is 18.5 Å². The third-order valence-corrected chi connectivity index (χ3v) is 6.44. The molecule has 1 fully saturated rings. The van der Waals surface area contributed by atoms with E-state index in [4.69, 9.17) is 16.3 Å². The number of carbonyl (C=O) groups is 3. The summed E-state index contributed by atoms with van der Waals surface area (Å²) in [6.45, 7) is 13.1. The number of likely N-dealkylation sites (N-methyl/N-ethyl adjacent to an activating group) is 1. The van der Waals surface area contributed by atoms with E-state index in [1.54, 1.807) is 24.0 Å². The van der Waals surface area contributed by atoms with Gasteiger partial charge in [-0.05, 0) is 58.7 Å². The minimum atomic E-state index is -0.646. The van der Waals surface area contributed by atoms with Gasteiger partial charge in [-0.15, -0.1) is 0 Å². The van der Waals surface area contributed by atoms with Crippen molar-refractivity contribution in [2.24, 2.45) is 0 Å². The standard InChI is InChI=1S/C26H38ClN5O4/c1-6-32-20(17-30-13-8-14-31(16-15-30)25(35)29-26(3,4)5)21(23(33)36-7-2)22(28-24(32)34)18-9-11-19(27)12-10-18/h9-12,22H,6-8,13-17H2,1-5H3,(H,28,34)(H,29,35). The van der Waals surface area contributed by atoms with Crippen LogP contribution in [0.5, 0.6) is 0 Å². The number of ether oxygens (including phenoxy) is 1. The molecule has 1 saturated heterocycles. The third-order valence-electron chi connectivity index (χ3n) is 6.18. The van der Waals surface area contributed by atoms with Crippen LogP contribution in [0.25, 0.3) is 0 Å². The van der Waals surface area contributed by atoms with Crippen LogP contribution in [0.1, 0.15) is 52.6 Å². The predicted octanol–water partition coefficient (Wildman–Crippen LogP) is 3.76. The van der Waals surface area contributed by atoms with Crippen LogP contribution >= 0.6 is 11.6 Å². The number of esters is 1. The second-order valence-electron chi connectivity index (χ2n) is 10.1. The summed E-state index contributed by atoms with van der Waals surface area (Å²) in [5, 5.41) is 6.57. The van der Waals surface area contributed by atoms with Gasteiger partial charge in [0.25, 0.3) is 0 Å². The SMILES string of the molecule is CCOC(=O)C1=C(CN2CCCN(C(=O)NC(C)(C)C)CC2)N(CC)C(=O)NC1c1ccc(Cl)cc1. The van der Waals surface area contributed by atoms with Crippen LogP contribution in [0.3, 0.4) is 0 Å². The summed E-state index contributed by atoms with van der Waals surface area (Å²) >= 11 is 6.08. The average Bonchev–Trinajstić information content (AvgIpc) is 3.04. The number of hydrogen-bond donors (Lipinski definition) is 2. The Labute approximate surface area is 218 Å². The van der Waals surface area contributed by atoms with Crippen molar-refractivity contribution in [2.75, 3.05) is 45.9 Å². The fraction of sp³-hybridized carbons (Fsp3) is 0.577. The molecule has 2 aliphatic heterocycles. The Hall–Kier alpha value is -2.78. The van der Waals surface area contributed by atoms with Crippen LogP contribution in [0.15, 0.2) is 35.5 Å². The van der Waals surface area contributed by atoms with Gasteiger partial charge in [-0.2, -0.15) is 0 Å². The Morgan fingerprint density at radius 1 is 1.11 bits per heavy atom. The minimum Gasteiger partial charge on any atom is -0.463 e. The Bertz CT molecular complexity index is 989. The largest absolute Gasteiger partial charge is 0.463 e. The molecule has 9 nitrogen and oxygen atoms in total. The lowest BCUT2D eigenvalue weighted by atomic mass is 9.94. The first-order valence-electron chi connectivity index (χ1n) is 12.6. The number of amides is 4. The van der Waals surface area contributed by atoms with E-state index < -0.39 is 12.0 Å². The minimum absolute atomic E-state index is 0.0780. The van der Waals surface area contributed by atoms with E-state index in [0.29, 0.717) is 49.0 Å². The van der Waals surface area contributed by atoms with E-state index in [-0.39, 0.29) is 24.2 Å². The first-order chi connectivity index (χ1) is 17.0. The molecule has 2 aliphatic rings. The molecule has 0 aliphatic carbocycles. The van der Waals surface area contributed by atoms with Gasteiger partial charge >= 0.3 is 18.0 Å². The van der Waals surface area contributed by atoms with Crippen LogP contribution in [0, 0.1) is 0 Å². The molecule has 1 atom stereocenters. The molecule has 10 heteroatoms. The number of carbonyl (C=O) groups excluding carboxylic acids is 3. The van der Waals surface area contributed by atoms with Gasteiger partial charge in [0.05, 0.1) is 18.2 Å². The van der Waals surface area contributed by atoms with Crippen molar-refractivity contribution in [3.8, 4) is 0 Å². The Morgan fingerprint density at radius 2 is 1.81 bits per heavy atom. The fourth-order valence-electron chi connectivity index (χ4n) is 4.51. The maximum atomic E-state index is 13.2. The zero-order chi connectivity index (χ0) is 26.5. The molecule has 0 radical (unpaired) electrons. The highest BCUT2D eigenvalue weighted by atomic mass is 35.5. The van der Waals surface area contributed by atoms with Crippen molar-refractivity contribution in [3.63, 3.8) is 0 Å². The molecular weight excluding hydrogens is 482 g/mol. The van der Waals surface area contributed by atoms with Gasteiger partial charge in [-0.3, -0.25) is 9.80 Å². The summed E-state index contributed by atoms with van der Waals surface area (Å²) in [7, 11) is 0. The van der Waals surface area contributed by atoms with Crippen molar-refractivity contribution in [2.45, 2.75) is 52.6 Å². The summed E-state index contributed by atoms with van der Waals surface area (Å²) < 4.78 is 5.44. The number of nitrogens with zero attached hydrogens (tertiary/aromatic N) is 3. The van der Waals surface area contributed by atoms with Gasteiger partial charge in [-0.1, -0.05) is 23.7 Å². The topological polar surface area (TPSA) is 94.2 Å². The molecule has 0 saturated carbocycles. The van der Waals surface area contributed by atoms with Gasteiger partial charge in [0, 0.05) is 55.5 Å². The first kappa shape index (κ1) is 27.8. The van der Waals surface area contributed by atoms with Gasteiger partial charge in [0.2, 0.25) is 0 Å². The zero-order valence-corrected chi connectivity index (χ0v) is 22.7. The summed E-state index contributed by atoms with van der Waals surface area (Å²) in [6, 6.07) is 6.11. The van der Waals surface area contributed by atoms with E-state index in [2.05, 4.69) is 15.5 Å². The molecule has 2 N–H and O–H groups in total. The van der Waals surface area contributed by atoms with Crippen LogP contribution in [0.2, 0.25) is 5.02 Å². The van der Waals surface area contributed by atoms with Gasteiger partial charge < -0.3 is 20.3 Å². The second kappa shape index (κ2) is 12.0. The smallest absolute Gasteiger partial charge is 0.338 e. The molecule has 2 heterocycles. The molecule has 1 aromatic carbocycles. The van der Waals surface area contributed by atoms with E-state index in [1.165, 1.54) is 0 Å². The molecule has 3 rings (SSSR count). The number of nitrogens with one attached hydrogen (secondary N) is 2. The van der Waals surface area contributed by atoms with Crippen molar-refractivity contribution >= 4 is 29.6 Å². The summed E-state index contributed by atoms with van der Waals surface area (Å²) in [5.74, 6) is -0.452. The molecule has 4 amide bonds. The molecule has 1 aromatic rings. The van der Waals surface area contributed by atoms with Gasteiger partial charge in [0.1, 0.15) is 0 Å². The number of benzene rings is 1. The number of halogens is 1. The van der Waals surface area contributed by atoms with Crippen molar-refractivity contribution < 1.29 is 19.1 Å². The molecule has 198 valence electrons. The first-order valence-corrected chi connectivity index (χ1v) is 12.9. The second-order valence-corrected chi connectivity index (χ2v) is 10.5. The number of hydrogen-bond acceptors (Lipinski definition) is 5. The number of rotatable bonds is 6. The Morgan fingerprint density at radius 3 is 2.42 bits per heavy atom. The highest BCUT2D eigenvalue weighted by Gasteiger charge is 2.38. The summed E-state index contributed by atoms with van der Waals surface area (Å²) in [4.78, 5) is 44.7. The van der Waals surface area contributed by atoms with E-state index in [9.17, 15) is 14.4 Å². The lowest BCUT2D eigenvalue weighted by Crippen LogP contribution is -2.51. The summed E-state index contributed by atoms with van der Waals surface area (Å²) in [5.41, 5.74) is 1.50. The monoisotopic (exact) mass is 519 g/mol. The van der Waals surface area contributed by atoms with Crippen LogP contribution in [-0.4, -0.2) is 84.1 Å². The van der Waals surface area contributed by atoms with Gasteiger partial charge in [0.15, 0.2) is 0 Å². The highest BCUT2D eigenvalue weighted by Crippen LogP contribution is 2.32. The maximum Gasteiger partial charge on any atom is 0.338 e. The normalized spacial score (nSPS) is 19.6. The van der Waals surface area contributed by atoms with Gasteiger partial charge in [-0.25, -0.2) is 14.4 Å². The highest BCUT2D eigenvalue weighted by molar-refractivity contribution is 6.30. The van der Waals surface area contributed by atoms with Crippen LogP contribution in [-0.2, 0) is 9.53 Å². The van der Waals surface area contributed by atoms with Crippen molar-refractivity contribution in [1.29, 1.82) is 0 Å².